The molecular weight excluding hydrogens is 360 g/mol. The summed E-state index contributed by atoms with van der Waals surface area (Å²) in [5, 5.41) is 3.20. The zero-order valence-corrected chi connectivity index (χ0v) is 16.9. The van der Waals surface area contributed by atoms with Gasteiger partial charge < -0.3 is 10.2 Å². The van der Waals surface area contributed by atoms with E-state index in [1.807, 2.05) is 36.4 Å². The van der Waals surface area contributed by atoms with Crippen LogP contribution >= 0.6 is 0 Å². The normalized spacial score (nSPS) is 19.6. The van der Waals surface area contributed by atoms with Gasteiger partial charge in [-0.25, -0.2) is 0 Å². The smallest absolute Gasteiger partial charge is 0.223 e. The minimum atomic E-state index is -0.259. The lowest BCUT2D eigenvalue weighted by Crippen LogP contribution is -2.41. The summed E-state index contributed by atoms with van der Waals surface area (Å²) in [7, 11) is 0. The monoisotopic (exact) mass is 388 g/mol. The molecule has 2 aromatic carbocycles. The Hall–Kier alpha value is -2.88. The molecule has 4 heteroatoms. The van der Waals surface area contributed by atoms with Crippen LogP contribution in [0.4, 0.5) is 0 Å². The van der Waals surface area contributed by atoms with Crippen molar-refractivity contribution < 1.29 is 9.59 Å². The van der Waals surface area contributed by atoms with Crippen molar-refractivity contribution in [1.29, 1.82) is 0 Å². The van der Waals surface area contributed by atoms with Crippen molar-refractivity contribution >= 4 is 17.9 Å². The van der Waals surface area contributed by atoms with Crippen LogP contribution in [0.5, 0.6) is 0 Å². The fraction of sp³-hybridized carbons (Fsp3) is 0.360. The Balaban J connectivity index is 1.49. The molecular formula is C25H28N2O2. The molecule has 0 spiro atoms. The van der Waals surface area contributed by atoms with Crippen LogP contribution in [0.1, 0.15) is 61.8 Å². The van der Waals surface area contributed by atoms with E-state index < -0.39 is 0 Å². The lowest BCUT2D eigenvalue weighted by atomic mass is 9.79. The highest BCUT2D eigenvalue weighted by Crippen LogP contribution is 2.40. The fourth-order valence-electron chi connectivity index (χ4n) is 4.84. The van der Waals surface area contributed by atoms with Crippen LogP contribution in [0.25, 0.3) is 6.08 Å². The van der Waals surface area contributed by atoms with Crippen LogP contribution in [-0.4, -0.2) is 23.3 Å². The average Bonchev–Trinajstić information content (AvgIpc) is 3.23. The zero-order chi connectivity index (χ0) is 20.3. The predicted octanol–water partition coefficient (Wildman–Crippen LogP) is 4.58. The third-order valence-electron chi connectivity index (χ3n) is 6.42. The molecule has 0 saturated heterocycles. The van der Waals surface area contributed by atoms with Crippen molar-refractivity contribution in [2.24, 2.45) is 0 Å². The first-order valence-electron chi connectivity index (χ1n) is 10.5. The van der Waals surface area contributed by atoms with E-state index in [1.165, 1.54) is 18.4 Å². The van der Waals surface area contributed by atoms with Gasteiger partial charge in [0.2, 0.25) is 11.8 Å². The number of hydrogen-bond donors (Lipinski definition) is 1. The van der Waals surface area contributed by atoms with Crippen molar-refractivity contribution in [2.45, 2.75) is 50.5 Å². The van der Waals surface area contributed by atoms with Gasteiger partial charge in [-0.15, -0.1) is 0 Å². The second-order valence-corrected chi connectivity index (χ2v) is 8.22. The van der Waals surface area contributed by atoms with Gasteiger partial charge >= 0.3 is 0 Å². The van der Waals surface area contributed by atoms with Gasteiger partial charge in [0, 0.05) is 25.1 Å². The number of carbonyl (C=O) groups excluding carboxylic acids is 2. The largest absolute Gasteiger partial charge is 0.355 e. The summed E-state index contributed by atoms with van der Waals surface area (Å²) in [6, 6.07) is 18.3. The Morgan fingerprint density at radius 2 is 1.72 bits per heavy atom. The summed E-state index contributed by atoms with van der Waals surface area (Å²) < 4.78 is 0. The summed E-state index contributed by atoms with van der Waals surface area (Å²) in [6.07, 6.45) is 8.61. The van der Waals surface area contributed by atoms with E-state index in [4.69, 9.17) is 0 Å². The number of rotatable bonds is 5. The predicted molar refractivity (Wildman–Crippen MR) is 115 cm³/mol. The van der Waals surface area contributed by atoms with E-state index in [1.54, 1.807) is 18.0 Å². The number of nitrogens with one attached hydrogen (secondary N) is 1. The SMILES string of the molecule is CC(=O)N1C=Cc2ccccc2C1CC(=O)NCC1(c2ccccc2)CCCC1. The summed E-state index contributed by atoms with van der Waals surface area (Å²) in [4.78, 5) is 26.8. The molecule has 1 heterocycles. The van der Waals surface area contributed by atoms with E-state index >= 15 is 0 Å². The van der Waals surface area contributed by atoms with E-state index in [2.05, 4.69) is 29.6 Å². The fourth-order valence-corrected chi connectivity index (χ4v) is 4.84. The summed E-state index contributed by atoms with van der Waals surface area (Å²) in [5.74, 6) is -0.0568. The van der Waals surface area contributed by atoms with E-state index in [9.17, 15) is 9.59 Å². The van der Waals surface area contributed by atoms with Gasteiger partial charge in [0.1, 0.15) is 0 Å². The number of nitrogens with zero attached hydrogens (tertiary/aromatic N) is 1. The first-order chi connectivity index (χ1) is 14.1. The van der Waals surface area contributed by atoms with Crippen molar-refractivity contribution in [3.8, 4) is 0 Å². The van der Waals surface area contributed by atoms with Crippen molar-refractivity contribution in [2.75, 3.05) is 6.54 Å². The summed E-state index contributed by atoms with van der Waals surface area (Å²) in [5.41, 5.74) is 3.44. The standard InChI is InChI=1S/C25H28N2O2/c1-19(28)27-16-13-20-9-5-6-12-22(20)23(27)17-24(29)26-18-25(14-7-8-15-25)21-10-3-2-4-11-21/h2-6,9-13,16,23H,7-8,14-15,17-18H2,1H3,(H,26,29). The van der Waals surface area contributed by atoms with Gasteiger partial charge in [0.05, 0.1) is 12.5 Å². The molecule has 1 saturated carbocycles. The maximum absolute atomic E-state index is 12.9. The van der Waals surface area contributed by atoms with Gasteiger partial charge in [-0.05, 0) is 35.6 Å². The molecule has 0 aromatic heterocycles. The maximum Gasteiger partial charge on any atom is 0.223 e. The van der Waals surface area contributed by atoms with Crippen LogP contribution in [-0.2, 0) is 15.0 Å². The second-order valence-electron chi connectivity index (χ2n) is 8.22. The molecule has 1 atom stereocenters. The average molecular weight is 389 g/mol. The Morgan fingerprint density at radius 3 is 2.45 bits per heavy atom. The van der Waals surface area contributed by atoms with Crippen LogP contribution in [0, 0.1) is 0 Å². The molecule has 1 N–H and O–H groups in total. The minimum absolute atomic E-state index is 0.00596. The molecule has 4 rings (SSSR count). The molecule has 0 bridgehead atoms. The molecule has 1 aliphatic carbocycles. The number of fused-ring (bicyclic) bond motifs is 1. The molecule has 150 valence electrons. The number of benzene rings is 2. The molecule has 0 radical (unpaired) electrons. The summed E-state index contributed by atoms with van der Waals surface area (Å²) >= 11 is 0. The van der Waals surface area contributed by atoms with Gasteiger partial charge in [0.15, 0.2) is 0 Å². The molecule has 4 nitrogen and oxygen atoms in total. The molecule has 1 aliphatic heterocycles. The van der Waals surface area contributed by atoms with Crippen molar-refractivity contribution in [3.63, 3.8) is 0 Å². The van der Waals surface area contributed by atoms with E-state index in [0.717, 1.165) is 24.0 Å². The Labute approximate surface area is 172 Å². The van der Waals surface area contributed by atoms with Crippen molar-refractivity contribution in [3.05, 3.63) is 77.5 Å². The highest BCUT2D eigenvalue weighted by atomic mass is 16.2. The van der Waals surface area contributed by atoms with Crippen LogP contribution in [0.3, 0.4) is 0 Å². The van der Waals surface area contributed by atoms with Crippen molar-refractivity contribution in [1.82, 2.24) is 10.2 Å². The molecule has 2 aromatic rings. The maximum atomic E-state index is 12.9. The number of carbonyl (C=O) groups is 2. The highest BCUT2D eigenvalue weighted by molar-refractivity contribution is 5.81. The first kappa shape index (κ1) is 19.4. The van der Waals surface area contributed by atoms with Gasteiger partial charge in [0.25, 0.3) is 0 Å². The second kappa shape index (κ2) is 8.24. The van der Waals surface area contributed by atoms with E-state index in [-0.39, 0.29) is 29.7 Å². The molecule has 1 unspecified atom stereocenters. The third-order valence-corrected chi connectivity index (χ3v) is 6.42. The quantitative estimate of drug-likeness (QED) is 0.815. The highest BCUT2D eigenvalue weighted by Gasteiger charge is 2.36. The number of hydrogen-bond acceptors (Lipinski definition) is 2. The lowest BCUT2D eigenvalue weighted by molar-refractivity contribution is -0.130. The van der Waals surface area contributed by atoms with Gasteiger partial charge in [-0.2, -0.15) is 0 Å². The number of amides is 2. The lowest BCUT2D eigenvalue weighted by Gasteiger charge is -2.33. The van der Waals surface area contributed by atoms with Crippen LogP contribution < -0.4 is 5.32 Å². The Morgan fingerprint density at radius 1 is 1.03 bits per heavy atom. The Kier molecular flexibility index (Phi) is 5.52. The molecule has 2 amide bonds. The third kappa shape index (κ3) is 3.98. The van der Waals surface area contributed by atoms with E-state index in [0.29, 0.717) is 6.54 Å². The van der Waals surface area contributed by atoms with Gasteiger partial charge in [-0.1, -0.05) is 67.4 Å². The summed E-state index contributed by atoms with van der Waals surface area (Å²) in [6.45, 7) is 2.20. The molecule has 29 heavy (non-hydrogen) atoms. The first-order valence-corrected chi connectivity index (χ1v) is 10.5. The van der Waals surface area contributed by atoms with Gasteiger partial charge in [-0.3, -0.25) is 9.59 Å². The van der Waals surface area contributed by atoms with Crippen LogP contribution in [0.15, 0.2) is 60.8 Å². The zero-order valence-electron chi connectivity index (χ0n) is 16.9. The molecule has 1 fully saturated rings. The minimum Gasteiger partial charge on any atom is -0.355 e. The van der Waals surface area contributed by atoms with Crippen LogP contribution in [0.2, 0.25) is 0 Å². The Bertz CT molecular complexity index is 913. The molecule has 2 aliphatic rings. The topological polar surface area (TPSA) is 49.4 Å².